The van der Waals surface area contributed by atoms with Crippen molar-refractivity contribution < 1.29 is 9.59 Å². The molecule has 1 N–H and O–H groups in total. The van der Waals surface area contributed by atoms with Gasteiger partial charge in [0.15, 0.2) is 5.65 Å². The van der Waals surface area contributed by atoms with E-state index in [4.69, 9.17) is 4.98 Å². The van der Waals surface area contributed by atoms with Crippen LogP contribution in [0.4, 0.5) is 0 Å². The fourth-order valence-electron chi connectivity index (χ4n) is 3.48. The fourth-order valence-corrected chi connectivity index (χ4v) is 4.16. The average Bonchev–Trinajstić information content (AvgIpc) is 3.40. The molecule has 0 atom stereocenters. The van der Waals surface area contributed by atoms with Gasteiger partial charge in [0.1, 0.15) is 0 Å². The Kier molecular flexibility index (Phi) is 5.56. The smallest absolute Gasteiger partial charge is 0.253 e. The summed E-state index contributed by atoms with van der Waals surface area (Å²) in [5, 5.41) is 10.2. The van der Waals surface area contributed by atoms with E-state index in [1.807, 2.05) is 49.7 Å². The molecule has 0 saturated heterocycles. The summed E-state index contributed by atoms with van der Waals surface area (Å²) < 4.78 is 1.71. The van der Waals surface area contributed by atoms with Crippen LogP contribution in [-0.4, -0.2) is 45.6 Å². The van der Waals surface area contributed by atoms with Gasteiger partial charge in [0.05, 0.1) is 27.2 Å². The van der Waals surface area contributed by atoms with Crippen LogP contribution in [0.1, 0.15) is 32.0 Å². The Morgan fingerprint density at radius 3 is 2.55 bits per heavy atom. The van der Waals surface area contributed by atoms with Crippen molar-refractivity contribution in [2.75, 3.05) is 14.1 Å². The number of hydrogen-bond acceptors (Lipinski definition) is 5. The van der Waals surface area contributed by atoms with Gasteiger partial charge in [-0.3, -0.25) is 14.3 Å². The predicted molar refractivity (Wildman–Crippen MR) is 122 cm³/mol. The van der Waals surface area contributed by atoms with Crippen molar-refractivity contribution in [2.45, 2.75) is 13.5 Å². The number of aryl methyl sites for hydroxylation is 2. The number of nitrogens with one attached hydrogen (secondary N) is 1. The second kappa shape index (κ2) is 8.31. The average molecular weight is 434 g/mol. The molecule has 0 spiro atoms. The SMILES string of the molecule is Cc1nn(C)c2nc(-c3cccs3)cc(C(=O)NCc3ccc(C(=O)N(C)C)cc3)c12. The highest BCUT2D eigenvalue weighted by atomic mass is 32.1. The van der Waals surface area contributed by atoms with Gasteiger partial charge in [-0.1, -0.05) is 18.2 Å². The highest BCUT2D eigenvalue weighted by Crippen LogP contribution is 2.29. The number of carbonyl (C=O) groups is 2. The molecule has 0 fully saturated rings. The Morgan fingerprint density at radius 2 is 1.90 bits per heavy atom. The maximum atomic E-state index is 13.1. The number of aromatic nitrogens is 3. The minimum absolute atomic E-state index is 0.0528. The van der Waals surface area contributed by atoms with Gasteiger partial charge in [-0.2, -0.15) is 5.10 Å². The van der Waals surface area contributed by atoms with E-state index in [1.165, 1.54) is 4.90 Å². The van der Waals surface area contributed by atoms with E-state index in [1.54, 1.807) is 42.2 Å². The summed E-state index contributed by atoms with van der Waals surface area (Å²) >= 11 is 1.58. The number of thiophene rings is 1. The summed E-state index contributed by atoms with van der Waals surface area (Å²) in [6.07, 6.45) is 0. The van der Waals surface area contributed by atoms with Crippen LogP contribution in [0.25, 0.3) is 21.6 Å². The van der Waals surface area contributed by atoms with Crippen LogP contribution in [0, 0.1) is 6.92 Å². The molecule has 0 aliphatic rings. The molecule has 7 nitrogen and oxygen atoms in total. The van der Waals surface area contributed by atoms with Crippen LogP contribution in [0.5, 0.6) is 0 Å². The number of rotatable bonds is 5. The molecule has 3 aromatic heterocycles. The van der Waals surface area contributed by atoms with Gasteiger partial charge in [0.25, 0.3) is 11.8 Å². The van der Waals surface area contributed by atoms with Crippen molar-refractivity contribution >= 4 is 34.2 Å². The van der Waals surface area contributed by atoms with Crippen LogP contribution in [0.15, 0.2) is 47.8 Å². The second-order valence-electron chi connectivity index (χ2n) is 7.52. The molecule has 0 saturated carbocycles. The number of hydrogen-bond donors (Lipinski definition) is 1. The quantitative estimate of drug-likeness (QED) is 0.521. The lowest BCUT2D eigenvalue weighted by Crippen LogP contribution is -2.24. The van der Waals surface area contributed by atoms with E-state index in [2.05, 4.69) is 10.4 Å². The van der Waals surface area contributed by atoms with E-state index in [0.717, 1.165) is 27.2 Å². The molecule has 4 rings (SSSR count). The second-order valence-corrected chi connectivity index (χ2v) is 8.47. The molecule has 0 unspecified atom stereocenters. The molecule has 0 aliphatic heterocycles. The first-order valence-corrected chi connectivity index (χ1v) is 10.7. The van der Waals surface area contributed by atoms with E-state index >= 15 is 0 Å². The third-order valence-corrected chi connectivity index (χ3v) is 5.94. The molecule has 31 heavy (non-hydrogen) atoms. The Balaban J connectivity index is 1.61. The molecule has 0 aliphatic carbocycles. The van der Waals surface area contributed by atoms with Gasteiger partial charge in [-0.25, -0.2) is 4.98 Å². The Labute approximate surface area is 184 Å². The first-order chi connectivity index (χ1) is 14.8. The summed E-state index contributed by atoms with van der Waals surface area (Å²) in [6.45, 7) is 2.23. The molecule has 2 amide bonds. The van der Waals surface area contributed by atoms with Crippen LogP contribution in [0.2, 0.25) is 0 Å². The van der Waals surface area contributed by atoms with E-state index in [0.29, 0.717) is 23.3 Å². The highest BCUT2D eigenvalue weighted by molar-refractivity contribution is 7.13. The van der Waals surface area contributed by atoms with Gasteiger partial charge in [-0.05, 0) is 42.1 Å². The lowest BCUT2D eigenvalue weighted by molar-refractivity contribution is 0.0827. The molecule has 3 heterocycles. The Hall–Kier alpha value is -3.52. The highest BCUT2D eigenvalue weighted by Gasteiger charge is 2.19. The summed E-state index contributed by atoms with van der Waals surface area (Å²) in [7, 11) is 5.27. The number of fused-ring (bicyclic) bond motifs is 1. The fraction of sp³-hybridized carbons (Fsp3) is 0.217. The topological polar surface area (TPSA) is 80.1 Å². The zero-order valence-electron chi connectivity index (χ0n) is 17.8. The van der Waals surface area contributed by atoms with E-state index in [-0.39, 0.29) is 11.8 Å². The number of pyridine rings is 1. The summed E-state index contributed by atoms with van der Waals surface area (Å²) in [6, 6.07) is 13.0. The lowest BCUT2D eigenvalue weighted by Gasteiger charge is -2.11. The minimum atomic E-state index is -0.185. The number of nitrogens with zero attached hydrogens (tertiary/aromatic N) is 4. The van der Waals surface area contributed by atoms with Crippen LogP contribution in [0.3, 0.4) is 0 Å². The van der Waals surface area contributed by atoms with Gasteiger partial charge in [0, 0.05) is 33.3 Å². The summed E-state index contributed by atoms with van der Waals surface area (Å²) in [5.41, 5.74) is 4.28. The molecule has 0 radical (unpaired) electrons. The standard InChI is InChI=1S/C23H23N5O2S/c1-14-20-17(12-18(19-6-5-11-31-19)25-21(20)28(4)26-14)22(29)24-13-15-7-9-16(10-8-15)23(30)27(2)3/h5-12H,13H2,1-4H3,(H,24,29). The summed E-state index contributed by atoms with van der Waals surface area (Å²) in [4.78, 5) is 32.4. The summed E-state index contributed by atoms with van der Waals surface area (Å²) in [5.74, 6) is -0.238. The van der Waals surface area contributed by atoms with Gasteiger partial charge in [-0.15, -0.1) is 11.3 Å². The zero-order chi connectivity index (χ0) is 22.1. The molecule has 158 valence electrons. The van der Waals surface area contributed by atoms with Crippen molar-refractivity contribution in [3.8, 4) is 10.6 Å². The zero-order valence-corrected chi connectivity index (χ0v) is 18.7. The largest absolute Gasteiger partial charge is 0.348 e. The van der Waals surface area contributed by atoms with Gasteiger partial charge < -0.3 is 10.2 Å². The van der Waals surface area contributed by atoms with Crippen molar-refractivity contribution in [2.24, 2.45) is 7.05 Å². The van der Waals surface area contributed by atoms with Crippen LogP contribution >= 0.6 is 11.3 Å². The lowest BCUT2D eigenvalue weighted by atomic mass is 10.1. The molecule has 8 heteroatoms. The third kappa shape index (κ3) is 4.06. The van der Waals surface area contributed by atoms with E-state index in [9.17, 15) is 9.59 Å². The monoisotopic (exact) mass is 433 g/mol. The van der Waals surface area contributed by atoms with Crippen molar-refractivity contribution in [3.63, 3.8) is 0 Å². The molecule has 4 aromatic rings. The maximum Gasteiger partial charge on any atom is 0.253 e. The number of carbonyl (C=O) groups excluding carboxylic acids is 2. The van der Waals surface area contributed by atoms with Crippen LogP contribution in [-0.2, 0) is 13.6 Å². The Bertz CT molecular complexity index is 1260. The van der Waals surface area contributed by atoms with Gasteiger partial charge >= 0.3 is 0 Å². The normalized spacial score (nSPS) is 11.0. The van der Waals surface area contributed by atoms with Crippen molar-refractivity contribution in [1.29, 1.82) is 0 Å². The number of benzene rings is 1. The molecule has 0 bridgehead atoms. The minimum Gasteiger partial charge on any atom is -0.348 e. The Morgan fingerprint density at radius 1 is 1.16 bits per heavy atom. The molecular formula is C23H23N5O2S. The number of amides is 2. The van der Waals surface area contributed by atoms with Gasteiger partial charge in [0.2, 0.25) is 0 Å². The third-order valence-electron chi connectivity index (χ3n) is 5.05. The molecule has 1 aromatic carbocycles. The first kappa shape index (κ1) is 20.7. The van der Waals surface area contributed by atoms with Crippen LogP contribution < -0.4 is 5.32 Å². The van der Waals surface area contributed by atoms with E-state index < -0.39 is 0 Å². The molecular weight excluding hydrogens is 410 g/mol. The first-order valence-electron chi connectivity index (χ1n) is 9.82. The van der Waals surface area contributed by atoms with Crippen molar-refractivity contribution in [3.05, 3.63) is 70.2 Å². The van der Waals surface area contributed by atoms with Crippen molar-refractivity contribution in [1.82, 2.24) is 25.0 Å². The predicted octanol–water partition coefficient (Wildman–Crippen LogP) is 3.64. The maximum absolute atomic E-state index is 13.1.